The van der Waals surface area contributed by atoms with Crippen LogP contribution in [0.25, 0.3) is 10.2 Å². The minimum absolute atomic E-state index is 0.137. The molecule has 1 heterocycles. The molecule has 0 aliphatic carbocycles. The predicted octanol–water partition coefficient (Wildman–Crippen LogP) is 4.68. The number of amides is 1. The van der Waals surface area contributed by atoms with Crippen LogP contribution in [0.1, 0.15) is 24.2 Å². The topological polar surface area (TPSA) is 99.0 Å². The van der Waals surface area contributed by atoms with Crippen LogP contribution in [0.5, 0.6) is 5.75 Å². The Balaban J connectivity index is 1.67. The lowest BCUT2D eigenvalue weighted by Gasteiger charge is -2.09. The molecule has 0 fully saturated rings. The van der Waals surface area contributed by atoms with E-state index in [4.69, 9.17) is 9.47 Å². The van der Waals surface area contributed by atoms with Crippen LogP contribution in [-0.4, -0.2) is 38.7 Å². The normalized spacial score (nSPS) is 12.1. The summed E-state index contributed by atoms with van der Waals surface area (Å²) in [5, 5.41) is 0. The van der Waals surface area contributed by atoms with E-state index in [0.717, 1.165) is 16.0 Å². The van der Waals surface area contributed by atoms with Crippen molar-refractivity contribution >= 4 is 43.2 Å². The second-order valence-electron chi connectivity index (χ2n) is 7.71. The molecule has 1 amide bonds. The van der Waals surface area contributed by atoms with Crippen molar-refractivity contribution in [3.63, 3.8) is 0 Å². The maximum absolute atomic E-state index is 13.1. The highest BCUT2D eigenvalue weighted by molar-refractivity contribution is 7.92. The van der Waals surface area contributed by atoms with Crippen LogP contribution in [0.15, 0.2) is 82.7 Å². The van der Waals surface area contributed by atoms with Crippen LogP contribution in [-0.2, 0) is 21.3 Å². The molecule has 0 unspecified atom stereocenters. The molecule has 1 N–H and O–H groups in total. The van der Waals surface area contributed by atoms with Crippen molar-refractivity contribution in [3.05, 3.63) is 83.2 Å². The molecule has 1 aromatic heterocycles. The maximum atomic E-state index is 13.1. The smallest absolute Gasteiger partial charge is 0.279 e. The van der Waals surface area contributed by atoms with Gasteiger partial charge < -0.3 is 14.0 Å². The third-order valence-corrected chi connectivity index (χ3v) is 7.68. The minimum Gasteiger partial charge on any atom is -0.494 e. The number of ether oxygens (including phenoxy) is 2. The standard InChI is InChI=1S/C26H27N3O5S2/c1-3-33-16-15-29-23-14-13-21(34-4-2)18-24(23)35-26(29)27-25(30)19-9-8-10-20(17-19)28-36(31,32)22-11-6-5-7-12-22/h5-14,17-18,28H,3-4,15-16H2,1-2H3. The number of fused-ring (bicyclic) bond motifs is 1. The van der Waals surface area contributed by atoms with Crippen molar-refractivity contribution in [1.29, 1.82) is 0 Å². The lowest BCUT2D eigenvalue weighted by Crippen LogP contribution is -2.20. The van der Waals surface area contributed by atoms with Gasteiger partial charge in [0, 0.05) is 24.4 Å². The second kappa shape index (κ2) is 11.5. The summed E-state index contributed by atoms with van der Waals surface area (Å²) < 4.78 is 41.9. The Kier molecular flexibility index (Phi) is 8.19. The van der Waals surface area contributed by atoms with Gasteiger partial charge in [0.15, 0.2) is 4.80 Å². The van der Waals surface area contributed by atoms with E-state index in [-0.39, 0.29) is 16.1 Å². The van der Waals surface area contributed by atoms with Gasteiger partial charge in [-0.3, -0.25) is 9.52 Å². The number of thiazole rings is 1. The molecule has 0 saturated heterocycles. The first kappa shape index (κ1) is 25.6. The van der Waals surface area contributed by atoms with Crippen molar-refractivity contribution in [1.82, 2.24) is 4.57 Å². The molecule has 36 heavy (non-hydrogen) atoms. The molecule has 0 spiro atoms. The van der Waals surface area contributed by atoms with Gasteiger partial charge in [-0.2, -0.15) is 4.99 Å². The number of aromatic nitrogens is 1. The Morgan fingerprint density at radius 1 is 1.00 bits per heavy atom. The van der Waals surface area contributed by atoms with Gasteiger partial charge in [0.25, 0.3) is 15.9 Å². The lowest BCUT2D eigenvalue weighted by atomic mass is 10.2. The molecule has 8 nitrogen and oxygen atoms in total. The molecule has 10 heteroatoms. The molecule has 0 atom stereocenters. The first-order chi connectivity index (χ1) is 17.4. The number of carbonyl (C=O) groups excluding carboxylic acids is 1. The fraction of sp³-hybridized carbons (Fsp3) is 0.231. The number of rotatable bonds is 10. The highest BCUT2D eigenvalue weighted by Crippen LogP contribution is 2.24. The van der Waals surface area contributed by atoms with Gasteiger partial charge in [0.2, 0.25) is 0 Å². The molecule has 0 radical (unpaired) electrons. The monoisotopic (exact) mass is 525 g/mol. The summed E-state index contributed by atoms with van der Waals surface area (Å²) in [5.74, 6) is 0.275. The molecule has 0 saturated carbocycles. The highest BCUT2D eigenvalue weighted by Gasteiger charge is 2.15. The average molecular weight is 526 g/mol. The van der Waals surface area contributed by atoms with E-state index in [9.17, 15) is 13.2 Å². The fourth-order valence-corrected chi connectivity index (χ4v) is 5.75. The SMILES string of the molecule is CCOCCn1c(=NC(=O)c2cccc(NS(=O)(=O)c3ccccc3)c2)sc2cc(OCC)ccc21. The van der Waals surface area contributed by atoms with E-state index < -0.39 is 15.9 Å². The molecule has 188 valence electrons. The van der Waals surface area contributed by atoms with E-state index >= 15 is 0 Å². The van der Waals surface area contributed by atoms with E-state index in [2.05, 4.69) is 9.71 Å². The quantitative estimate of drug-likeness (QED) is 0.303. The van der Waals surface area contributed by atoms with Gasteiger partial charge in [-0.05, 0) is 62.4 Å². The van der Waals surface area contributed by atoms with Crippen LogP contribution in [0.3, 0.4) is 0 Å². The van der Waals surface area contributed by atoms with E-state index in [0.29, 0.717) is 31.2 Å². The number of hydrogen-bond acceptors (Lipinski definition) is 6. The number of carbonyl (C=O) groups is 1. The van der Waals surface area contributed by atoms with Crippen LogP contribution < -0.4 is 14.3 Å². The number of nitrogens with one attached hydrogen (secondary N) is 1. The minimum atomic E-state index is -3.78. The molecular formula is C26H27N3O5S2. The van der Waals surface area contributed by atoms with Gasteiger partial charge >= 0.3 is 0 Å². The van der Waals surface area contributed by atoms with Gasteiger partial charge in [-0.1, -0.05) is 35.6 Å². The number of nitrogens with zero attached hydrogens (tertiary/aromatic N) is 2. The maximum Gasteiger partial charge on any atom is 0.279 e. The first-order valence-corrected chi connectivity index (χ1v) is 13.8. The number of anilines is 1. The summed E-state index contributed by atoms with van der Waals surface area (Å²) in [6.07, 6.45) is 0. The summed E-state index contributed by atoms with van der Waals surface area (Å²) in [6, 6.07) is 20.1. The molecule has 4 aromatic rings. The fourth-order valence-electron chi connectivity index (χ4n) is 3.59. The van der Waals surface area contributed by atoms with Crippen LogP contribution in [0, 0.1) is 0 Å². The Hall–Kier alpha value is -3.47. The molecule has 0 bridgehead atoms. The summed E-state index contributed by atoms with van der Waals surface area (Å²) in [7, 11) is -3.78. The van der Waals surface area contributed by atoms with E-state index in [1.807, 2.05) is 36.6 Å². The largest absolute Gasteiger partial charge is 0.494 e. The molecule has 0 aliphatic rings. The number of benzene rings is 3. The highest BCUT2D eigenvalue weighted by atomic mass is 32.2. The third-order valence-electron chi connectivity index (χ3n) is 5.24. The van der Waals surface area contributed by atoms with Crippen LogP contribution in [0.2, 0.25) is 0 Å². The Bertz CT molecular complexity index is 1530. The van der Waals surface area contributed by atoms with E-state index in [1.165, 1.54) is 29.5 Å². The zero-order valence-electron chi connectivity index (χ0n) is 20.0. The van der Waals surface area contributed by atoms with E-state index in [1.54, 1.807) is 36.4 Å². The summed E-state index contributed by atoms with van der Waals surface area (Å²) in [6.45, 7) is 6.01. The molecular weight excluding hydrogens is 498 g/mol. The van der Waals surface area contributed by atoms with Crippen molar-refractivity contribution in [3.8, 4) is 5.75 Å². The van der Waals surface area contributed by atoms with Crippen molar-refractivity contribution in [2.75, 3.05) is 24.5 Å². The molecule has 3 aromatic carbocycles. The van der Waals surface area contributed by atoms with Gasteiger partial charge in [0.05, 0.1) is 28.3 Å². The van der Waals surface area contributed by atoms with Crippen LogP contribution in [0.4, 0.5) is 5.69 Å². The molecule has 0 aliphatic heterocycles. The third kappa shape index (κ3) is 6.01. The average Bonchev–Trinajstić information content (AvgIpc) is 3.21. The second-order valence-corrected chi connectivity index (χ2v) is 10.4. The first-order valence-electron chi connectivity index (χ1n) is 11.5. The zero-order valence-corrected chi connectivity index (χ0v) is 21.6. The number of sulfonamides is 1. The van der Waals surface area contributed by atoms with Gasteiger partial charge in [-0.25, -0.2) is 8.42 Å². The molecule has 4 rings (SSSR count). The van der Waals surface area contributed by atoms with Crippen molar-refractivity contribution < 1.29 is 22.7 Å². The number of hydrogen-bond donors (Lipinski definition) is 1. The predicted molar refractivity (Wildman–Crippen MR) is 141 cm³/mol. The van der Waals surface area contributed by atoms with Crippen LogP contribution >= 0.6 is 11.3 Å². The Morgan fingerprint density at radius 2 is 1.81 bits per heavy atom. The summed E-state index contributed by atoms with van der Waals surface area (Å²) >= 11 is 1.38. The van der Waals surface area contributed by atoms with Crippen molar-refractivity contribution in [2.24, 2.45) is 4.99 Å². The Labute approximate surface area is 213 Å². The summed E-state index contributed by atoms with van der Waals surface area (Å²) in [4.78, 5) is 18.2. The zero-order chi connectivity index (χ0) is 25.5. The summed E-state index contributed by atoms with van der Waals surface area (Å²) in [5.41, 5.74) is 1.48. The lowest BCUT2D eigenvalue weighted by molar-refractivity contribution is 0.0996. The Morgan fingerprint density at radius 3 is 2.56 bits per heavy atom. The van der Waals surface area contributed by atoms with Gasteiger partial charge in [-0.15, -0.1) is 0 Å². The van der Waals surface area contributed by atoms with Crippen molar-refractivity contribution in [2.45, 2.75) is 25.3 Å². The van der Waals surface area contributed by atoms with Gasteiger partial charge in [0.1, 0.15) is 5.75 Å².